The Morgan fingerprint density at radius 1 is 1.04 bits per heavy atom. The monoisotopic (exact) mass is 365 g/mol. The number of nitrogens with zero attached hydrogens (tertiary/aromatic N) is 2. The number of nitrogens with one attached hydrogen (secondary N) is 1. The Labute approximate surface area is 152 Å². The summed E-state index contributed by atoms with van der Waals surface area (Å²) in [4.78, 5) is 3.56. The summed E-state index contributed by atoms with van der Waals surface area (Å²) >= 11 is 0. The summed E-state index contributed by atoms with van der Waals surface area (Å²) in [5.41, 5.74) is 2.85. The maximum atomic E-state index is 12.8. The Morgan fingerprint density at radius 2 is 1.73 bits per heavy atom. The number of piperidine rings is 1. The molecular formula is C20H19N3O2S. The lowest BCUT2D eigenvalue weighted by atomic mass is 9.90. The third kappa shape index (κ3) is 2.90. The lowest BCUT2D eigenvalue weighted by Gasteiger charge is -2.31. The van der Waals surface area contributed by atoms with Crippen LogP contribution in [0, 0.1) is 11.3 Å². The zero-order valence-corrected chi connectivity index (χ0v) is 15.0. The molecule has 0 aliphatic carbocycles. The molecule has 4 rings (SSSR count). The van der Waals surface area contributed by atoms with Crippen LogP contribution < -0.4 is 0 Å². The molecule has 0 spiro atoms. The molecule has 5 nitrogen and oxygen atoms in total. The van der Waals surface area contributed by atoms with Crippen LogP contribution in [-0.2, 0) is 10.0 Å². The van der Waals surface area contributed by atoms with E-state index in [2.05, 4.69) is 23.3 Å². The van der Waals surface area contributed by atoms with Gasteiger partial charge in [0.25, 0.3) is 0 Å². The van der Waals surface area contributed by atoms with Gasteiger partial charge in [0, 0.05) is 30.2 Å². The zero-order chi connectivity index (χ0) is 18.1. The van der Waals surface area contributed by atoms with E-state index in [1.807, 2.05) is 18.2 Å². The SMILES string of the molecule is N#Cc1ccc(S(=O)(=O)N2CCC(c3c[nH]c4ccccc34)CC2)cc1. The summed E-state index contributed by atoms with van der Waals surface area (Å²) in [5.74, 6) is 0.360. The summed E-state index contributed by atoms with van der Waals surface area (Å²) in [6.45, 7) is 1.01. The zero-order valence-electron chi connectivity index (χ0n) is 14.2. The molecule has 0 unspecified atom stereocenters. The minimum absolute atomic E-state index is 0.252. The van der Waals surface area contributed by atoms with E-state index in [-0.39, 0.29) is 4.90 Å². The highest BCUT2D eigenvalue weighted by atomic mass is 32.2. The highest BCUT2D eigenvalue weighted by Crippen LogP contribution is 2.34. The van der Waals surface area contributed by atoms with E-state index in [9.17, 15) is 8.42 Å². The Kier molecular flexibility index (Phi) is 4.27. The quantitative estimate of drug-likeness (QED) is 0.770. The van der Waals surface area contributed by atoms with Crippen LogP contribution in [0.2, 0.25) is 0 Å². The van der Waals surface area contributed by atoms with Crippen LogP contribution in [0.15, 0.2) is 59.6 Å². The molecular weight excluding hydrogens is 346 g/mol. The van der Waals surface area contributed by atoms with Gasteiger partial charge in [0.1, 0.15) is 0 Å². The van der Waals surface area contributed by atoms with Gasteiger partial charge in [-0.05, 0) is 54.7 Å². The molecule has 0 amide bonds. The average molecular weight is 365 g/mol. The van der Waals surface area contributed by atoms with Crippen molar-refractivity contribution in [3.63, 3.8) is 0 Å². The Balaban J connectivity index is 1.51. The number of benzene rings is 2. The standard InChI is InChI=1S/C20H19N3O2S/c21-13-15-5-7-17(8-6-15)26(24,25)23-11-9-16(10-12-23)19-14-22-20-4-2-1-3-18(19)20/h1-8,14,16,22H,9-12H2. The summed E-state index contributed by atoms with van der Waals surface area (Å²) in [7, 11) is -3.51. The van der Waals surface area contributed by atoms with Gasteiger partial charge >= 0.3 is 0 Å². The summed E-state index contributed by atoms with van der Waals surface area (Å²) in [5, 5.41) is 10.1. The van der Waals surface area contributed by atoms with Crippen molar-refractivity contribution < 1.29 is 8.42 Å². The first-order valence-electron chi connectivity index (χ1n) is 8.66. The molecule has 1 saturated heterocycles. The number of sulfonamides is 1. The largest absolute Gasteiger partial charge is 0.361 e. The first-order chi connectivity index (χ1) is 12.6. The van der Waals surface area contributed by atoms with Gasteiger partial charge in [-0.25, -0.2) is 8.42 Å². The van der Waals surface area contributed by atoms with Crippen LogP contribution in [0.1, 0.15) is 29.9 Å². The summed E-state index contributed by atoms with van der Waals surface area (Å²) in [6, 6.07) is 16.3. The van der Waals surface area contributed by atoms with Crippen LogP contribution in [0.4, 0.5) is 0 Å². The van der Waals surface area contributed by atoms with Crippen molar-refractivity contribution in [1.82, 2.24) is 9.29 Å². The minimum Gasteiger partial charge on any atom is -0.361 e. The smallest absolute Gasteiger partial charge is 0.243 e. The molecule has 6 heteroatoms. The predicted octanol–water partition coefficient (Wildman–Crippen LogP) is 3.61. The summed E-state index contributed by atoms with van der Waals surface area (Å²) in [6.07, 6.45) is 3.66. The number of rotatable bonds is 3. The van der Waals surface area contributed by atoms with E-state index in [1.165, 1.54) is 23.1 Å². The number of H-pyrrole nitrogens is 1. The second-order valence-electron chi connectivity index (χ2n) is 6.60. The third-order valence-electron chi connectivity index (χ3n) is 5.14. The third-order valence-corrected chi connectivity index (χ3v) is 7.05. The highest BCUT2D eigenvalue weighted by Gasteiger charge is 2.30. The lowest BCUT2D eigenvalue weighted by molar-refractivity contribution is 0.320. The fraction of sp³-hybridized carbons (Fsp3) is 0.250. The molecule has 2 heterocycles. The Hall–Kier alpha value is -2.62. The molecule has 1 aliphatic rings. The van der Waals surface area contributed by atoms with Gasteiger partial charge in [0.15, 0.2) is 0 Å². The van der Waals surface area contributed by atoms with Crippen LogP contribution >= 0.6 is 0 Å². The number of para-hydroxylation sites is 1. The van der Waals surface area contributed by atoms with Crippen LogP contribution in [0.25, 0.3) is 10.9 Å². The molecule has 3 aromatic rings. The lowest BCUT2D eigenvalue weighted by Crippen LogP contribution is -2.37. The molecule has 0 atom stereocenters. The van der Waals surface area contributed by atoms with Crippen LogP contribution in [-0.4, -0.2) is 30.8 Å². The number of hydrogen-bond donors (Lipinski definition) is 1. The number of aromatic nitrogens is 1. The van der Waals surface area contributed by atoms with Crippen molar-refractivity contribution in [2.45, 2.75) is 23.7 Å². The van der Waals surface area contributed by atoms with Crippen LogP contribution in [0.5, 0.6) is 0 Å². The highest BCUT2D eigenvalue weighted by molar-refractivity contribution is 7.89. The normalized spacial score (nSPS) is 16.6. The minimum atomic E-state index is -3.51. The fourth-order valence-electron chi connectivity index (χ4n) is 3.69. The number of fused-ring (bicyclic) bond motifs is 1. The molecule has 0 radical (unpaired) electrons. The molecule has 132 valence electrons. The first-order valence-corrected chi connectivity index (χ1v) is 10.1. The molecule has 1 aromatic heterocycles. The fourth-order valence-corrected chi connectivity index (χ4v) is 5.16. The van der Waals surface area contributed by atoms with E-state index in [0.29, 0.717) is 24.6 Å². The van der Waals surface area contributed by atoms with Crippen molar-refractivity contribution in [2.75, 3.05) is 13.1 Å². The first kappa shape index (κ1) is 16.8. The van der Waals surface area contributed by atoms with Crippen LogP contribution in [0.3, 0.4) is 0 Å². The average Bonchev–Trinajstić information content (AvgIpc) is 3.12. The Morgan fingerprint density at radius 3 is 2.42 bits per heavy atom. The van der Waals surface area contributed by atoms with Crippen molar-refractivity contribution in [3.8, 4) is 6.07 Å². The van der Waals surface area contributed by atoms with Gasteiger partial charge in [-0.3, -0.25) is 0 Å². The van der Waals surface area contributed by atoms with E-state index in [0.717, 1.165) is 18.4 Å². The maximum Gasteiger partial charge on any atom is 0.243 e. The molecule has 1 fully saturated rings. The maximum absolute atomic E-state index is 12.8. The van der Waals surface area contributed by atoms with Gasteiger partial charge < -0.3 is 4.98 Å². The van der Waals surface area contributed by atoms with Crippen molar-refractivity contribution in [1.29, 1.82) is 5.26 Å². The number of nitriles is 1. The molecule has 26 heavy (non-hydrogen) atoms. The van der Waals surface area contributed by atoms with Gasteiger partial charge in [0.2, 0.25) is 10.0 Å². The van der Waals surface area contributed by atoms with E-state index < -0.39 is 10.0 Å². The predicted molar refractivity (Wildman–Crippen MR) is 100 cm³/mol. The molecule has 0 bridgehead atoms. The molecule has 0 saturated carbocycles. The second-order valence-corrected chi connectivity index (χ2v) is 8.54. The summed E-state index contributed by atoms with van der Waals surface area (Å²) < 4.78 is 27.2. The van der Waals surface area contributed by atoms with Gasteiger partial charge in [-0.2, -0.15) is 9.57 Å². The van der Waals surface area contributed by atoms with Gasteiger partial charge in [0.05, 0.1) is 16.5 Å². The van der Waals surface area contributed by atoms with Crippen molar-refractivity contribution in [2.24, 2.45) is 0 Å². The topological polar surface area (TPSA) is 77.0 Å². The molecule has 1 aliphatic heterocycles. The van der Waals surface area contributed by atoms with Gasteiger partial charge in [-0.15, -0.1) is 0 Å². The van der Waals surface area contributed by atoms with Gasteiger partial charge in [-0.1, -0.05) is 18.2 Å². The van der Waals surface area contributed by atoms with E-state index in [4.69, 9.17) is 5.26 Å². The van der Waals surface area contributed by atoms with E-state index in [1.54, 1.807) is 16.4 Å². The van der Waals surface area contributed by atoms with Crippen molar-refractivity contribution in [3.05, 3.63) is 65.9 Å². The van der Waals surface area contributed by atoms with E-state index >= 15 is 0 Å². The second kappa shape index (κ2) is 6.60. The molecule has 1 N–H and O–H groups in total. The molecule has 2 aromatic carbocycles. The van der Waals surface area contributed by atoms with Crippen molar-refractivity contribution >= 4 is 20.9 Å². The number of hydrogen-bond acceptors (Lipinski definition) is 3. The number of aromatic amines is 1. The Bertz CT molecular complexity index is 1070.